The number of hydrogen-bond donors (Lipinski definition) is 1. The van der Waals surface area contributed by atoms with Gasteiger partial charge in [-0.1, -0.05) is 0 Å². The summed E-state index contributed by atoms with van der Waals surface area (Å²) >= 11 is 4.93. The van der Waals surface area contributed by atoms with E-state index in [1.54, 1.807) is 13.1 Å². The maximum absolute atomic E-state index is 12.7. The number of carbonyl (C=O) groups excluding carboxylic acids is 2. The first-order valence-electron chi connectivity index (χ1n) is 11.1. The third kappa shape index (κ3) is 3.56. The van der Waals surface area contributed by atoms with E-state index in [0.29, 0.717) is 0 Å². The number of para-hydroxylation sites is 2. The third-order valence-electron chi connectivity index (χ3n) is 6.22. The first kappa shape index (κ1) is 21.7. The second-order valence-corrected chi connectivity index (χ2v) is 11.0. The van der Waals surface area contributed by atoms with Crippen LogP contribution in [0, 0.1) is 0 Å². The number of carbonyl (C=O) groups is 2. The van der Waals surface area contributed by atoms with Gasteiger partial charge in [-0.2, -0.15) is 0 Å². The fraction of sp³-hybridized carbons (Fsp3) is 0.0357. The Balaban J connectivity index is 1.51. The van der Waals surface area contributed by atoms with Crippen molar-refractivity contribution in [1.29, 1.82) is 0 Å². The molecular formula is C28H19N3O2SSe. The Morgan fingerprint density at radius 2 is 1.31 bits per heavy atom. The standard InChI is InChI=1S/C28H19N3O2SSe/c1-30-27(33)22(26(32)29-28(30)34)16-17-14-15-25(35-17)31-23-12-6-4-10-20(23)18-8-2-3-9-19(18)21-11-5-7-13-24(21)31/h2-16H,1H3,(H,29,32,34)/b22-16+. The van der Waals surface area contributed by atoms with Gasteiger partial charge in [-0.25, -0.2) is 0 Å². The van der Waals surface area contributed by atoms with Crippen LogP contribution >= 0.6 is 12.2 Å². The van der Waals surface area contributed by atoms with Gasteiger partial charge < -0.3 is 0 Å². The molecule has 0 spiro atoms. The minimum absolute atomic E-state index is 0.105. The Hall–Kier alpha value is -3.77. The second kappa shape index (κ2) is 8.47. The number of likely N-dealkylation sites (N-methyl/N-ethyl adjacent to an activating group) is 1. The molecule has 3 aromatic carbocycles. The van der Waals surface area contributed by atoms with E-state index in [0.717, 1.165) is 20.4 Å². The van der Waals surface area contributed by atoms with Gasteiger partial charge in [-0.05, 0) is 0 Å². The van der Waals surface area contributed by atoms with Crippen molar-refractivity contribution in [2.45, 2.75) is 0 Å². The summed E-state index contributed by atoms with van der Waals surface area (Å²) in [6, 6.07) is 29.5. The molecule has 5 nitrogen and oxygen atoms in total. The van der Waals surface area contributed by atoms with E-state index in [2.05, 4.69) is 89.1 Å². The minimum atomic E-state index is -0.454. The summed E-state index contributed by atoms with van der Waals surface area (Å²) in [5, 5.41) is 2.71. The zero-order chi connectivity index (χ0) is 24.1. The molecule has 3 heterocycles. The van der Waals surface area contributed by atoms with Crippen molar-refractivity contribution in [1.82, 2.24) is 10.2 Å². The molecule has 1 fully saturated rings. The topological polar surface area (TPSA) is 52.7 Å². The molecule has 0 radical (unpaired) electrons. The molecule has 0 unspecified atom stereocenters. The molecule has 0 aliphatic carbocycles. The average Bonchev–Trinajstić information content (AvgIpc) is 3.29. The molecule has 1 aromatic heterocycles. The molecule has 1 saturated heterocycles. The summed E-state index contributed by atoms with van der Waals surface area (Å²) in [5.41, 5.74) is 7.05. The van der Waals surface area contributed by atoms with Crippen LogP contribution in [0.5, 0.6) is 0 Å². The average molecular weight is 541 g/mol. The van der Waals surface area contributed by atoms with Gasteiger partial charge in [0.15, 0.2) is 0 Å². The number of benzene rings is 3. The van der Waals surface area contributed by atoms with E-state index in [9.17, 15) is 9.59 Å². The first-order chi connectivity index (χ1) is 17.0. The quantitative estimate of drug-likeness (QED) is 0.146. The number of nitrogens with zero attached hydrogens (tertiary/aromatic N) is 2. The molecule has 6 rings (SSSR count). The molecule has 2 amide bonds. The van der Waals surface area contributed by atoms with E-state index in [-0.39, 0.29) is 31.1 Å². The number of fused-ring (bicyclic) bond motifs is 5. The Kier molecular flexibility index (Phi) is 5.26. The van der Waals surface area contributed by atoms with E-state index in [1.165, 1.54) is 27.2 Å². The van der Waals surface area contributed by atoms with Gasteiger partial charge in [-0.15, -0.1) is 0 Å². The van der Waals surface area contributed by atoms with Gasteiger partial charge in [0.1, 0.15) is 0 Å². The zero-order valence-corrected chi connectivity index (χ0v) is 21.2. The van der Waals surface area contributed by atoms with Crippen LogP contribution in [-0.2, 0) is 9.59 Å². The molecule has 35 heavy (non-hydrogen) atoms. The Morgan fingerprint density at radius 3 is 1.91 bits per heavy atom. The molecule has 0 bridgehead atoms. The molecule has 7 heteroatoms. The van der Waals surface area contributed by atoms with E-state index in [1.807, 2.05) is 6.07 Å². The van der Waals surface area contributed by atoms with E-state index >= 15 is 0 Å². The van der Waals surface area contributed by atoms with Crippen molar-refractivity contribution in [3.63, 3.8) is 0 Å². The summed E-state index contributed by atoms with van der Waals surface area (Å²) in [6.45, 7) is 0. The molecule has 2 aliphatic heterocycles. The van der Waals surface area contributed by atoms with Crippen molar-refractivity contribution in [2.24, 2.45) is 0 Å². The third-order valence-corrected chi connectivity index (χ3v) is 8.73. The van der Waals surface area contributed by atoms with E-state index < -0.39 is 5.91 Å². The van der Waals surface area contributed by atoms with Crippen molar-refractivity contribution >= 4 is 65.7 Å². The number of rotatable bonds is 2. The Morgan fingerprint density at radius 1 is 0.771 bits per heavy atom. The van der Waals surface area contributed by atoms with Crippen LogP contribution in [0.3, 0.4) is 0 Å². The number of thiocarbonyl (C=S) groups is 1. The summed E-state index contributed by atoms with van der Waals surface area (Å²) < 4.78 is 2.08. The fourth-order valence-electron chi connectivity index (χ4n) is 4.54. The van der Waals surface area contributed by atoms with Crippen LogP contribution in [0.2, 0.25) is 0 Å². The molecule has 1 N–H and O–H groups in total. The predicted molar refractivity (Wildman–Crippen MR) is 144 cm³/mol. The second-order valence-electron chi connectivity index (χ2n) is 8.27. The molecule has 2 aliphatic rings. The number of nitrogens with one attached hydrogen (secondary N) is 1. The molecule has 0 atom stereocenters. The van der Waals surface area contributed by atoms with Crippen molar-refractivity contribution < 1.29 is 9.59 Å². The predicted octanol–water partition coefficient (Wildman–Crippen LogP) is 5.12. The van der Waals surface area contributed by atoms with Crippen LogP contribution in [0.15, 0.2) is 90.5 Å². The number of hydrogen-bond acceptors (Lipinski definition) is 4. The molecule has 4 aromatic rings. The summed E-state index contributed by atoms with van der Waals surface area (Å²) in [4.78, 5) is 28.8. The van der Waals surface area contributed by atoms with Crippen LogP contribution < -0.4 is 10.2 Å². The Labute approximate surface area is 214 Å². The first-order valence-corrected chi connectivity index (χ1v) is 13.2. The number of amides is 2. The SMILES string of the molecule is CN1C(=O)/C(=C/c2ccc(N3c4ccccc4-c4ccccc4-c4ccccc43)[se]2)C(=O)NC1=S. The fourth-order valence-corrected chi connectivity index (χ4v) is 6.77. The van der Waals surface area contributed by atoms with Gasteiger partial charge >= 0.3 is 215 Å². The summed E-state index contributed by atoms with van der Waals surface area (Å²) in [7, 11) is 1.57. The van der Waals surface area contributed by atoms with Gasteiger partial charge in [0, 0.05) is 0 Å². The molecule has 0 saturated carbocycles. The van der Waals surface area contributed by atoms with Gasteiger partial charge in [0.25, 0.3) is 0 Å². The number of anilines is 3. The van der Waals surface area contributed by atoms with Crippen LogP contribution in [0.25, 0.3) is 28.3 Å². The zero-order valence-electron chi connectivity index (χ0n) is 18.7. The van der Waals surface area contributed by atoms with Crippen molar-refractivity contribution in [3.05, 3.63) is 94.9 Å². The van der Waals surface area contributed by atoms with Crippen LogP contribution in [0.1, 0.15) is 4.44 Å². The van der Waals surface area contributed by atoms with Crippen LogP contribution in [0.4, 0.5) is 15.9 Å². The van der Waals surface area contributed by atoms with Crippen molar-refractivity contribution in [2.75, 3.05) is 11.9 Å². The molecule has 170 valence electrons. The Bertz CT molecular complexity index is 1510. The summed E-state index contributed by atoms with van der Waals surface area (Å²) in [6.07, 6.45) is 1.70. The maximum atomic E-state index is 12.7. The van der Waals surface area contributed by atoms with E-state index in [4.69, 9.17) is 12.2 Å². The van der Waals surface area contributed by atoms with Gasteiger partial charge in [0.2, 0.25) is 0 Å². The van der Waals surface area contributed by atoms with Crippen molar-refractivity contribution in [3.8, 4) is 22.3 Å². The monoisotopic (exact) mass is 541 g/mol. The summed E-state index contributed by atoms with van der Waals surface area (Å²) in [5.74, 6) is -0.839. The van der Waals surface area contributed by atoms with Gasteiger partial charge in [-0.3, -0.25) is 0 Å². The van der Waals surface area contributed by atoms with Gasteiger partial charge in [0.05, 0.1) is 0 Å². The normalized spacial score (nSPS) is 15.9. The molecular weight excluding hydrogens is 521 g/mol. The van der Waals surface area contributed by atoms with Crippen LogP contribution in [-0.4, -0.2) is 43.4 Å².